The number of amides is 1. The first kappa shape index (κ1) is 23.0. The van der Waals surface area contributed by atoms with Gasteiger partial charge in [0, 0.05) is 37.9 Å². The van der Waals surface area contributed by atoms with Gasteiger partial charge in [0.2, 0.25) is 15.9 Å². The zero-order chi connectivity index (χ0) is 23.3. The summed E-state index contributed by atoms with van der Waals surface area (Å²) in [6.07, 6.45) is 2.57. The fraction of sp³-hybridized carbons (Fsp3) is 0.269. The smallest absolute Gasteiger partial charge is 0.240 e. The molecule has 6 nitrogen and oxygen atoms in total. The number of nitrogens with zero attached hydrogens (tertiary/aromatic N) is 1. The number of hydrogen-bond acceptors (Lipinski definition) is 4. The summed E-state index contributed by atoms with van der Waals surface area (Å²) in [7, 11) is -3.57. The zero-order valence-electron chi connectivity index (χ0n) is 18.8. The Kier molecular flexibility index (Phi) is 7.11. The Morgan fingerprint density at radius 2 is 1.64 bits per heavy atom. The fourth-order valence-corrected chi connectivity index (χ4v) is 5.17. The van der Waals surface area contributed by atoms with Crippen LogP contribution in [-0.2, 0) is 34.2 Å². The summed E-state index contributed by atoms with van der Waals surface area (Å²) in [5.41, 5.74) is 5.81. The Morgan fingerprint density at radius 3 is 2.33 bits per heavy atom. The number of sulfonamides is 1. The normalized spacial score (nSPS) is 13.4. The van der Waals surface area contributed by atoms with E-state index >= 15 is 0 Å². The van der Waals surface area contributed by atoms with Gasteiger partial charge in [0.05, 0.1) is 4.90 Å². The molecule has 4 rings (SSSR count). The molecule has 0 aromatic heterocycles. The second-order valence-electron chi connectivity index (χ2n) is 8.31. The standard InChI is InChI=1S/C26H29N3O3S/c1-20(30)28-24-10-14-26(15-11-24)33(31,32)27-17-4-5-21-8-12-25(13-9-21)29-18-16-22-6-2-3-7-23(22)19-29/h2-3,6-15,27H,4-5,16-19H2,1H3,(H,28,30). The summed E-state index contributed by atoms with van der Waals surface area (Å²) >= 11 is 0. The molecule has 3 aromatic carbocycles. The van der Waals surface area contributed by atoms with Crippen LogP contribution in [0.1, 0.15) is 30.0 Å². The van der Waals surface area contributed by atoms with Crippen LogP contribution in [0.5, 0.6) is 0 Å². The van der Waals surface area contributed by atoms with Crippen molar-refractivity contribution in [2.75, 3.05) is 23.3 Å². The van der Waals surface area contributed by atoms with Crippen LogP contribution in [0.25, 0.3) is 0 Å². The lowest BCUT2D eigenvalue weighted by Gasteiger charge is -2.30. The average Bonchev–Trinajstić information content (AvgIpc) is 2.82. The van der Waals surface area contributed by atoms with E-state index in [1.807, 2.05) is 0 Å². The van der Waals surface area contributed by atoms with E-state index in [4.69, 9.17) is 0 Å². The van der Waals surface area contributed by atoms with E-state index in [1.165, 1.54) is 41.4 Å². The molecular weight excluding hydrogens is 434 g/mol. The molecular formula is C26H29N3O3S. The van der Waals surface area contributed by atoms with E-state index in [2.05, 4.69) is 63.5 Å². The number of carbonyl (C=O) groups is 1. The van der Waals surface area contributed by atoms with Crippen molar-refractivity contribution in [1.82, 2.24) is 4.72 Å². The van der Waals surface area contributed by atoms with Crippen LogP contribution in [0.15, 0.2) is 77.7 Å². The highest BCUT2D eigenvalue weighted by atomic mass is 32.2. The van der Waals surface area contributed by atoms with Gasteiger partial charge in [0.25, 0.3) is 0 Å². The molecule has 2 N–H and O–H groups in total. The molecule has 0 saturated carbocycles. The van der Waals surface area contributed by atoms with Gasteiger partial charge in [-0.15, -0.1) is 0 Å². The average molecular weight is 464 g/mol. The third-order valence-electron chi connectivity index (χ3n) is 5.85. The van der Waals surface area contributed by atoms with Gasteiger partial charge in [-0.05, 0) is 72.4 Å². The SMILES string of the molecule is CC(=O)Nc1ccc(S(=O)(=O)NCCCc2ccc(N3CCc4ccccc4C3)cc2)cc1. The number of benzene rings is 3. The minimum Gasteiger partial charge on any atom is -0.367 e. The largest absolute Gasteiger partial charge is 0.367 e. The molecule has 0 saturated heterocycles. The van der Waals surface area contributed by atoms with Gasteiger partial charge in [-0.1, -0.05) is 36.4 Å². The maximum atomic E-state index is 12.5. The number of nitrogens with one attached hydrogen (secondary N) is 2. The number of rotatable bonds is 8. The van der Waals surface area contributed by atoms with Crippen LogP contribution in [0, 0.1) is 0 Å². The molecule has 1 aliphatic heterocycles. The van der Waals surface area contributed by atoms with Crippen LogP contribution in [0.4, 0.5) is 11.4 Å². The molecule has 0 fully saturated rings. The van der Waals surface area contributed by atoms with E-state index < -0.39 is 10.0 Å². The van der Waals surface area contributed by atoms with Crippen molar-refractivity contribution in [3.05, 3.63) is 89.5 Å². The predicted molar refractivity (Wildman–Crippen MR) is 132 cm³/mol. The minimum absolute atomic E-state index is 0.184. The van der Waals surface area contributed by atoms with Crippen LogP contribution in [0.3, 0.4) is 0 Å². The maximum Gasteiger partial charge on any atom is 0.240 e. The molecule has 0 aliphatic carbocycles. The molecule has 3 aromatic rings. The highest BCUT2D eigenvalue weighted by molar-refractivity contribution is 7.89. The molecule has 0 bridgehead atoms. The summed E-state index contributed by atoms with van der Waals surface area (Å²) in [4.78, 5) is 13.7. The first-order chi connectivity index (χ1) is 15.9. The number of fused-ring (bicyclic) bond motifs is 1. The monoisotopic (exact) mass is 463 g/mol. The van der Waals surface area contributed by atoms with Crippen molar-refractivity contribution >= 4 is 27.3 Å². The zero-order valence-corrected chi connectivity index (χ0v) is 19.6. The predicted octanol–water partition coefficient (Wildman–Crippen LogP) is 4.12. The third-order valence-corrected chi connectivity index (χ3v) is 7.33. The van der Waals surface area contributed by atoms with E-state index in [-0.39, 0.29) is 10.8 Å². The van der Waals surface area contributed by atoms with Crippen molar-refractivity contribution in [2.45, 2.75) is 37.6 Å². The number of hydrogen-bond donors (Lipinski definition) is 2. The molecule has 1 amide bonds. The van der Waals surface area contributed by atoms with Crippen molar-refractivity contribution in [3.8, 4) is 0 Å². The molecule has 0 spiro atoms. The summed E-state index contributed by atoms with van der Waals surface area (Å²) in [5, 5.41) is 2.63. The van der Waals surface area contributed by atoms with Gasteiger partial charge < -0.3 is 10.2 Å². The Morgan fingerprint density at radius 1 is 0.939 bits per heavy atom. The Balaban J connectivity index is 1.26. The van der Waals surface area contributed by atoms with Crippen LogP contribution >= 0.6 is 0 Å². The van der Waals surface area contributed by atoms with Crippen molar-refractivity contribution in [3.63, 3.8) is 0 Å². The molecule has 1 aliphatic rings. The van der Waals surface area contributed by atoms with E-state index in [0.717, 1.165) is 25.9 Å². The van der Waals surface area contributed by atoms with Crippen LogP contribution in [0.2, 0.25) is 0 Å². The lowest BCUT2D eigenvalue weighted by Crippen LogP contribution is -2.30. The first-order valence-corrected chi connectivity index (χ1v) is 12.7. The van der Waals surface area contributed by atoms with Gasteiger partial charge in [0.15, 0.2) is 0 Å². The minimum atomic E-state index is -3.57. The third kappa shape index (κ3) is 6.00. The summed E-state index contributed by atoms with van der Waals surface area (Å²) < 4.78 is 27.6. The van der Waals surface area contributed by atoms with E-state index in [1.54, 1.807) is 12.1 Å². The van der Waals surface area contributed by atoms with Crippen molar-refractivity contribution in [2.24, 2.45) is 0 Å². The quantitative estimate of drug-likeness (QED) is 0.493. The molecule has 172 valence electrons. The lowest BCUT2D eigenvalue weighted by molar-refractivity contribution is -0.114. The molecule has 33 heavy (non-hydrogen) atoms. The highest BCUT2D eigenvalue weighted by Gasteiger charge is 2.16. The van der Waals surface area contributed by atoms with Gasteiger partial charge >= 0.3 is 0 Å². The van der Waals surface area contributed by atoms with Crippen molar-refractivity contribution in [1.29, 1.82) is 0 Å². The summed E-state index contributed by atoms with van der Waals surface area (Å²) in [6.45, 7) is 3.72. The van der Waals surface area contributed by atoms with Gasteiger partial charge in [-0.2, -0.15) is 0 Å². The topological polar surface area (TPSA) is 78.5 Å². The summed E-state index contributed by atoms with van der Waals surface area (Å²) in [5.74, 6) is -0.196. The Labute approximate surface area is 195 Å². The maximum absolute atomic E-state index is 12.5. The lowest BCUT2D eigenvalue weighted by atomic mass is 9.99. The van der Waals surface area contributed by atoms with Gasteiger partial charge in [-0.3, -0.25) is 4.79 Å². The van der Waals surface area contributed by atoms with Gasteiger partial charge in [-0.25, -0.2) is 13.1 Å². The first-order valence-electron chi connectivity index (χ1n) is 11.2. The molecule has 0 unspecified atom stereocenters. The number of anilines is 2. The van der Waals surface area contributed by atoms with E-state index in [0.29, 0.717) is 18.7 Å². The number of aryl methyl sites for hydroxylation is 1. The molecule has 1 heterocycles. The second kappa shape index (κ2) is 10.2. The summed E-state index contributed by atoms with van der Waals surface area (Å²) in [6, 6.07) is 23.3. The van der Waals surface area contributed by atoms with Gasteiger partial charge in [0.1, 0.15) is 0 Å². The molecule has 7 heteroatoms. The fourth-order valence-electron chi connectivity index (χ4n) is 4.09. The Hall–Kier alpha value is -3.16. The highest BCUT2D eigenvalue weighted by Crippen LogP contribution is 2.25. The van der Waals surface area contributed by atoms with Crippen molar-refractivity contribution < 1.29 is 13.2 Å². The molecule has 0 radical (unpaired) electrons. The second-order valence-corrected chi connectivity index (χ2v) is 10.1. The number of carbonyl (C=O) groups excluding carboxylic acids is 1. The Bertz CT molecular complexity index is 1210. The molecule has 0 atom stereocenters. The van der Waals surface area contributed by atoms with Crippen LogP contribution < -0.4 is 14.9 Å². The van der Waals surface area contributed by atoms with Crippen LogP contribution in [-0.4, -0.2) is 27.4 Å². The van der Waals surface area contributed by atoms with E-state index in [9.17, 15) is 13.2 Å².